The van der Waals surface area contributed by atoms with E-state index in [0.717, 1.165) is 32.1 Å². The van der Waals surface area contributed by atoms with Gasteiger partial charge in [0.1, 0.15) is 6.10 Å². The van der Waals surface area contributed by atoms with Gasteiger partial charge in [-0.05, 0) is 12.8 Å². The summed E-state index contributed by atoms with van der Waals surface area (Å²) in [6, 6.07) is 0. The highest BCUT2D eigenvalue weighted by atomic mass is 31.2. The lowest BCUT2D eigenvalue weighted by molar-refractivity contribution is -0.154. The Hall–Kier alpha value is -0.460. The number of hydrogen-bond acceptors (Lipinski definition) is 5. The molecular weight excluding hydrogens is 804 g/mol. The van der Waals surface area contributed by atoms with Crippen LogP contribution in [0, 0.1) is 0 Å². The topological polar surface area (TPSA) is 102 Å². The zero-order valence-corrected chi connectivity index (χ0v) is 43.4. The summed E-state index contributed by atoms with van der Waals surface area (Å²) < 4.78 is 27.1. The molecule has 0 saturated carbocycles. The minimum atomic E-state index is -4.65. The average molecular weight is 915 g/mol. The molecule has 0 rings (SSSR count). The quantitative estimate of drug-likeness (QED) is 0.0356. The second kappa shape index (κ2) is 52.5. The van der Waals surface area contributed by atoms with Gasteiger partial charge < -0.3 is 19.3 Å². The van der Waals surface area contributed by atoms with E-state index in [9.17, 15) is 9.36 Å². The van der Waals surface area contributed by atoms with Crippen LogP contribution in [0.2, 0.25) is 0 Å². The third-order valence-electron chi connectivity index (χ3n) is 13.2. The lowest BCUT2D eigenvalue weighted by Gasteiger charge is -2.18. The van der Waals surface area contributed by atoms with Gasteiger partial charge in [0.15, 0.2) is 0 Å². The standard InChI is InChI=1S/C55H111O7P/c1-3-5-7-9-11-13-15-17-18-19-20-21-22-23-24-25-26-27-28-29-30-31-32-33-34-35-36-37-38-39-40-42-44-46-48-50-55(56)62-54(53-61-63(57,58)59)52-60-51-49-47-45-43-41-16-14-12-10-8-6-4-2/h54H,3-53H2,1-2H3,(H2,57,58,59)/t54-/m1/s1. The third kappa shape index (κ3) is 55.8. The first kappa shape index (κ1) is 62.5. The van der Waals surface area contributed by atoms with Crippen LogP contribution in [0.15, 0.2) is 0 Å². The van der Waals surface area contributed by atoms with E-state index in [1.807, 2.05) is 0 Å². The van der Waals surface area contributed by atoms with Gasteiger partial charge >= 0.3 is 13.8 Å². The molecule has 0 aliphatic heterocycles. The van der Waals surface area contributed by atoms with Crippen LogP contribution in [0.3, 0.4) is 0 Å². The van der Waals surface area contributed by atoms with Gasteiger partial charge in [-0.3, -0.25) is 9.32 Å². The van der Waals surface area contributed by atoms with E-state index in [-0.39, 0.29) is 19.2 Å². The minimum absolute atomic E-state index is 0.0868. The predicted octanol–water partition coefficient (Wildman–Crippen LogP) is 18.8. The van der Waals surface area contributed by atoms with Crippen LogP contribution >= 0.6 is 7.82 Å². The van der Waals surface area contributed by atoms with E-state index in [2.05, 4.69) is 18.4 Å². The van der Waals surface area contributed by atoms with Crippen LogP contribution in [0.4, 0.5) is 0 Å². The largest absolute Gasteiger partial charge is 0.469 e. The minimum Gasteiger partial charge on any atom is -0.457 e. The summed E-state index contributed by atoms with van der Waals surface area (Å²) in [5.74, 6) is -0.352. The molecule has 0 aromatic heterocycles. The molecule has 0 aliphatic carbocycles. The summed E-state index contributed by atoms with van der Waals surface area (Å²) >= 11 is 0. The Labute approximate surface area is 393 Å². The maximum atomic E-state index is 12.5. The van der Waals surface area contributed by atoms with Crippen molar-refractivity contribution in [1.82, 2.24) is 0 Å². The summed E-state index contributed by atoms with van der Waals surface area (Å²) in [4.78, 5) is 30.8. The number of hydrogen-bond donors (Lipinski definition) is 2. The second-order valence-electron chi connectivity index (χ2n) is 19.6. The maximum absolute atomic E-state index is 12.5. The van der Waals surface area contributed by atoms with Gasteiger partial charge in [0.05, 0.1) is 13.2 Å². The van der Waals surface area contributed by atoms with E-state index in [4.69, 9.17) is 19.3 Å². The fourth-order valence-electron chi connectivity index (χ4n) is 8.98. The molecule has 0 fully saturated rings. The molecule has 0 unspecified atom stereocenters. The van der Waals surface area contributed by atoms with E-state index in [1.165, 1.54) is 270 Å². The normalized spacial score (nSPS) is 12.4. The van der Waals surface area contributed by atoms with Crippen molar-refractivity contribution < 1.29 is 33.1 Å². The number of esters is 1. The van der Waals surface area contributed by atoms with Gasteiger partial charge in [0.25, 0.3) is 0 Å². The Morgan fingerprint density at radius 2 is 0.603 bits per heavy atom. The molecule has 0 bridgehead atoms. The summed E-state index contributed by atoms with van der Waals surface area (Å²) in [5, 5.41) is 0. The number of carbonyl (C=O) groups is 1. The predicted molar refractivity (Wildman–Crippen MR) is 272 cm³/mol. The Kier molecular flexibility index (Phi) is 52.1. The number of carbonyl (C=O) groups excluding carboxylic acids is 1. The molecule has 0 aliphatic rings. The molecule has 378 valence electrons. The number of phosphoric ester groups is 1. The highest BCUT2D eigenvalue weighted by molar-refractivity contribution is 7.46. The molecule has 0 amide bonds. The Morgan fingerprint density at radius 3 is 0.857 bits per heavy atom. The van der Waals surface area contributed by atoms with Crippen molar-refractivity contribution in [3.05, 3.63) is 0 Å². The highest BCUT2D eigenvalue weighted by Crippen LogP contribution is 2.36. The highest BCUT2D eigenvalue weighted by Gasteiger charge is 2.21. The first-order chi connectivity index (χ1) is 30.9. The van der Waals surface area contributed by atoms with Crippen LogP contribution in [0.25, 0.3) is 0 Å². The molecule has 0 aromatic carbocycles. The van der Waals surface area contributed by atoms with E-state index in [0.29, 0.717) is 13.0 Å². The molecule has 0 spiro atoms. The van der Waals surface area contributed by atoms with Gasteiger partial charge in [-0.15, -0.1) is 0 Å². The molecule has 0 aromatic rings. The lowest BCUT2D eigenvalue weighted by Crippen LogP contribution is -2.28. The van der Waals surface area contributed by atoms with Crippen molar-refractivity contribution >= 4 is 13.8 Å². The summed E-state index contributed by atoms with van der Waals surface area (Å²) in [6.45, 7) is 4.82. The van der Waals surface area contributed by atoms with Crippen LogP contribution in [-0.4, -0.2) is 41.7 Å². The van der Waals surface area contributed by atoms with Gasteiger partial charge in [-0.25, -0.2) is 4.57 Å². The van der Waals surface area contributed by atoms with Crippen molar-refractivity contribution in [1.29, 1.82) is 0 Å². The molecule has 1 atom stereocenters. The molecule has 7 nitrogen and oxygen atoms in total. The van der Waals surface area contributed by atoms with Crippen LogP contribution in [0.1, 0.15) is 322 Å². The zero-order chi connectivity index (χ0) is 45.8. The van der Waals surface area contributed by atoms with Crippen molar-refractivity contribution in [2.24, 2.45) is 0 Å². The lowest BCUT2D eigenvalue weighted by atomic mass is 10.0. The van der Waals surface area contributed by atoms with Crippen molar-refractivity contribution in [2.75, 3.05) is 19.8 Å². The zero-order valence-electron chi connectivity index (χ0n) is 42.5. The molecule has 0 saturated heterocycles. The van der Waals surface area contributed by atoms with Gasteiger partial charge in [-0.2, -0.15) is 0 Å². The smallest absolute Gasteiger partial charge is 0.457 e. The number of unbranched alkanes of at least 4 members (excludes halogenated alkanes) is 45. The fourth-order valence-corrected chi connectivity index (χ4v) is 9.34. The SMILES string of the molecule is CCCCCCCCCCCCCCCCCCCCCCCCCCCCCCCCCCCCCC(=O)O[C@H](COCCCCCCCCCCCCCC)COP(=O)(O)O. The first-order valence-corrected chi connectivity index (χ1v) is 29.9. The number of rotatable bonds is 55. The van der Waals surface area contributed by atoms with Crippen molar-refractivity contribution in [2.45, 2.75) is 328 Å². The molecule has 0 radical (unpaired) electrons. The van der Waals surface area contributed by atoms with Gasteiger partial charge in [0.2, 0.25) is 0 Å². The van der Waals surface area contributed by atoms with Crippen molar-refractivity contribution in [3.8, 4) is 0 Å². The Bertz CT molecular complexity index is 927. The Morgan fingerprint density at radius 1 is 0.365 bits per heavy atom. The van der Waals surface area contributed by atoms with Crippen LogP contribution < -0.4 is 0 Å². The maximum Gasteiger partial charge on any atom is 0.469 e. The molecule has 2 N–H and O–H groups in total. The molecular formula is C55H111O7P. The summed E-state index contributed by atoms with van der Waals surface area (Å²) in [7, 11) is -4.65. The van der Waals surface area contributed by atoms with Crippen LogP contribution in [0.5, 0.6) is 0 Å². The summed E-state index contributed by atoms with van der Waals surface area (Å²) in [6.07, 6.45) is 63.1. The average Bonchev–Trinajstić information content (AvgIpc) is 3.26. The number of ether oxygens (including phenoxy) is 2. The van der Waals surface area contributed by atoms with Crippen molar-refractivity contribution in [3.63, 3.8) is 0 Å². The molecule has 8 heteroatoms. The van der Waals surface area contributed by atoms with Gasteiger partial charge in [0, 0.05) is 13.0 Å². The van der Waals surface area contributed by atoms with E-state index in [1.54, 1.807) is 0 Å². The first-order valence-electron chi connectivity index (χ1n) is 28.4. The monoisotopic (exact) mass is 915 g/mol. The summed E-state index contributed by atoms with van der Waals surface area (Å²) in [5.41, 5.74) is 0. The molecule has 63 heavy (non-hydrogen) atoms. The molecule has 0 heterocycles. The van der Waals surface area contributed by atoms with E-state index >= 15 is 0 Å². The second-order valence-corrected chi connectivity index (χ2v) is 20.9. The third-order valence-corrected chi connectivity index (χ3v) is 13.6. The van der Waals surface area contributed by atoms with Crippen LogP contribution in [-0.2, 0) is 23.4 Å². The Balaban J connectivity index is 3.49. The van der Waals surface area contributed by atoms with Gasteiger partial charge in [-0.1, -0.05) is 303 Å². The fraction of sp³-hybridized carbons (Fsp3) is 0.982. The van der Waals surface area contributed by atoms with E-state index < -0.39 is 13.9 Å². The number of phosphoric acid groups is 1.